The summed E-state index contributed by atoms with van der Waals surface area (Å²) in [6, 6.07) is 11.0. The average molecular weight is 387 g/mol. The first-order valence-corrected chi connectivity index (χ1v) is 9.05. The lowest BCUT2D eigenvalue weighted by molar-refractivity contribution is 0.240. The molecule has 5 nitrogen and oxygen atoms in total. The van der Waals surface area contributed by atoms with E-state index in [0.29, 0.717) is 29.0 Å². The van der Waals surface area contributed by atoms with E-state index in [1.54, 1.807) is 24.4 Å². The third-order valence-corrected chi connectivity index (χ3v) is 4.94. The van der Waals surface area contributed by atoms with Gasteiger partial charge in [0, 0.05) is 42.0 Å². The molecule has 0 fully saturated rings. The van der Waals surface area contributed by atoms with Crippen LogP contribution in [0, 0.1) is 0 Å². The van der Waals surface area contributed by atoms with E-state index in [0.717, 1.165) is 35.5 Å². The second kappa shape index (κ2) is 7.19. The molecule has 132 valence electrons. The number of aromatic nitrogens is 3. The normalized spacial score (nSPS) is 14.2. The van der Waals surface area contributed by atoms with Crippen LogP contribution in [-0.2, 0) is 19.5 Å². The van der Waals surface area contributed by atoms with E-state index < -0.39 is 0 Å². The fourth-order valence-electron chi connectivity index (χ4n) is 3.13. The summed E-state index contributed by atoms with van der Waals surface area (Å²) >= 11 is 11.8. The Morgan fingerprint density at radius 3 is 2.65 bits per heavy atom. The maximum Gasteiger partial charge on any atom is 0.254 e. The van der Waals surface area contributed by atoms with Crippen LogP contribution in [0.3, 0.4) is 0 Å². The Morgan fingerprint density at radius 2 is 1.92 bits per heavy atom. The molecule has 0 spiro atoms. The number of hydrogen-bond donors (Lipinski definition) is 1. The smallest absolute Gasteiger partial charge is 0.254 e. The van der Waals surface area contributed by atoms with E-state index in [1.165, 1.54) is 0 Å². The Kier molecular flexibility index (Phi) is 4.76. The summed E-state index contributed by atoms with van der Waals surface area (Å²) in [7, 11) is 0. The van der Waals surface area contributed by atoms with Gasteiger partial charge in [-0.15, -0.1) is 0 Å². The second-order valence-corrected chi connectivity index (χ2v) is 7.12. The van der Waals surface area contributed by atoms with Crippen molar-refractivity contribution in [2.45, 2.75) is 19.5 Å². The van der Waals surface area contributed by atoms with Gasteiger partial charge in [-0.1, -0.05) is 29.3 Å². The number of halogens is 2. The van der Waals surface area contributed by atoms with Gasteiger partial charge in [0.05, 0.1) is 5.69 Å². The number of nitrogens with one attached hydrogen (secondary N) is 1. The first-order valence-electron chi connectivity index (χ1n) is 8.29. The quantitative estimate of drug-likeness (QED) is 0.697. The van der Waals surface area contributed by atoms with Crippen molar-refractivity contribution in [2.75, 3.05) is 6.54 Å². The molecule has 0 radical (unpaired) electrons. The summed E-state index contributed by atoms with van der Waals surface area (Å²) in [5, 5.41) is 1.13. The van der Waals surface area contributed by atoms with Gasteiger partial charge in [-0.05, 0) is 42.3 Å². The monoisotopic (exact) mass is 386 g/mol. The van der Waals surface area contributed by atoms with Crippen molar-refractivity contribution in [2.24, 2.45) is 0 Å². The topological polar surface area (TPSA) is 61.9 Å². The largest absolute Gasteiger partial charge is 0.306 e. The van der Waals surface area contributed by atoms with Gasteiger partial charge >= 0.3 is 0 Å². The minimum Gasteiger partial charge on any atom is -0.306 e. The van der Waals surface area contributed by atoms with Crippen LogP contribution in [0.4, 0.5) is 0 Å². The number of nitrogens with zero attached hydrogens (tertiary/aromatic N) is 3. The van der Waals surface area contributed by atoms with Gasteiger partial charge in [-0.25, -0.2) is 9.97 Å². The summed E-state index contributed by atoms with van der Waals surface area (Å²) in [6.07, 6.45) is 2.46. The Balaban J connectivity index is 1.60. The fourth-order valence-corrected chi connectivity index (χ4v) is 3.37. The molecule has 0 saturated carbocycles. The van der Waals surface area contributed by atoms with E-state index in [2.05, 4.69) is 14.9 Å². The summed E-state index contributed by atoms with van der Waals surface area (Å²) in [4.78, 5) is 26.4. The maximum absolute atomic E-state index is 12.5. The zero-order valence-corrected chi connectivity index (χ0v) is 15.4. The van der Waals surface area contributed by atoms with Crippen molar-refractivity contribution < 1.29 is 0 Å². The van der Waals surface area contributed by atoms with Gasteiger partial charge in [0.25, 0.3) is 5.56 Å². The van der Waals surface area contributed by atoms with Crippen molar-refractivity contribution in [3.8, 4) is 11.4 Å². The number of pyridine rings is 1. The number of aromatic amines is 1. The zero-order chi connectivity index (χ0) is 18.1. The lowest BCUT2D eigenvalue weighted by Gasteiger charge is -2.27. The van der Waals surface area contributed by atoms with Crippen LogP contribution in [0.2, 0.25) is 10.2 Å². The number of benzene rings is 1. The van der Waals surface area contributed by atoms with Gasteiger partial charge in [0.2, 0.25) is 0 Å². The van der Waals surface area contributed by atoms with Gasteiger partial charge in [0.1, 0.15) is 11.0 Å². The molecule has 1 aliphatic rings. The molecule has 0 bridgehead atoms. The summed E-state index contributed by atoms with van der Waals surface area (Å²) in [5.74, 6) is 0.570. The van der Waals surface area contributed by atoms with Crippen molar-refractivity contribution >= 4 is 23.2 Å². The highest BCUT2D eigenvalue weighted by atomic mass is 35.5. The third-order valence-electron chi connectivity index (χ3n) is 4.47. The Bertz CT molecular complexity index is 984. The Labute approximate surface area is 160 Å². The molecule has 3 aromatic rings. The highest BCUT2D eigenvalue weighted by Crippen LogP contribution is 2.21. The number of fused-ring (bicyclic) bond motifs is 1. The molecule has 0 aliphatic carbocycles. The van der Waals surface area contributed by atoms with Crippen molar-refractivity contribution in [3.05, 3.63) is 79.9 Å². The first kappa shape index (κ1) is 17.2. The van der Waals surface area contributed by atoms with E-state index in [4.69, 9.17) is 28.2 Å². The van der Waals surface area contributed by atoms with Crippen LogP contribution >= 0.6 is 23.2 Å². The predicted octanol–water partition coefficient (Wildman–Crippen LogP) is 3.70. The van der Waals surface area contributed by atoms with Crippen LogP contribution in [0.5, 0.6) is 0 Å². The van der Waals surface area contributed by atoms with Gasteiger partial charge in [-0.2, -0.15) is 0 Å². The molecular weight excluding hydrogens is 371 g/mol. The molecule has 1 aliphatic heterocycles. The molecular formula is C19H16Cl2N4O. The second-order valence-electron chi connectivity index (χ2n) is 6.30. The van der Waals surface area contributed by atoms with E-state index in [-0.39, 0.29) is 5.56 Å². The lowest BCUT2D eigenvalue weighted by Crippen LogP contribution is -2.35. The minimum atomic E-state index is -0.0623. The SMILES string of the molecule is O=c1[nH]c(-c2ccc(Cl)cc2)nc2c1CCN(Cc1ccc(Cl)nc1)C2. The van der Waals surface area contributed by atoms with Crippen molar-refractivity contribution in [1.29, 1.82) is 0 Å². The van der Waals surface area contributed by atoms with E-state index in [1.807, 2.05) is 18.2 Å². The van der Waals surface area contributed by atoms with Crippen molar-refractivity contribution in [1.82, 2.24) is 19.9 Å². The van der Waals surface area contributed by atoms with Gasteiger partial charge in [-0.3, -0.25) is 9.69 Å². The predicted molar refractivity (Wildman–Crippen MR) is 102 cm³/mol. The molecule has 26 heavy (non-hydrogen) atoms. The highest BCUT2D eigenvalue weighted by Gasteiger charge is 2.21. The van der Waals surface area contributed by atoms with Gasteiger partial charge < -0.3 is 4.98 Å². The van der Waals surface area contributed by atoms with E-state index >= 15 is 0 Å². The number of rotatable bonds is 3. The molecule has 0 atom stereocenters. The highest BCUT2D eigenvalue weighted by molar-refractivity contribution is 6.30. The summed E-state index contributed by atoms with van der Waals surface area (Å²) in [5.41, 5.74) is 3.46. The molecule has 1 N–H and O–H groups in total. The Hall–Kier alpha value is -2.21. The molecule has 1 aromatic carbocycles. The number of hydrogen-bond acceptors (Lipinski definition) is 4. The summed E-state index contributed by atoms with van der Waals surface area (Å²) in [6.45, 7) is 2.18. The minimum absolute atomic E-state index is 0.0623. The van der Waals surface area contributed by atoms with Gasteiger partial charge in [0.15, 0.2) is 0 Å². The zero-order valence-electron chi connectivity index (χ0n) is 13.9. The fraction of sp³-hybridized carbons (Fsp3) is 0.211. The van der Waals surface area contributed by atoms with Crippen LogP contribution < -0.4 is 5.56 Å². The van der Waals surface area contributed by atoms with E-state index in [9.17, 15) is 4.79 Å². The molecule has 4 rings (SSSR count). The molecule has 0 saturated heterocycles. The first-order chi connectivity index (χ1) is 12.6. The number of H-pyrrole nitrogens is 1. The average Bonchev–Trinajstić information content (AvgIpc) is 2.64. The van der Waals surface area contributed by atoms with Crippen LogP contribution in [-0.4, -0.2) is 26.4 Å². The molecule has 0 amide bonds. The molecule has 7 heteroatoms. The molecule has 2 aromatic heterocycles. The summed E-state index contributed by atoms with van der Waals surface area (Å²) < 4.78 is 0. The maximum atomic E-state index is 12.5. The standard InChI is InChI=1S/C19H16Cl2N4O/c20-14-4-2-13(3-5-14)18-23-16-11-25(8-7-15(16)19(26)24-18)10-12-1-6-17(21)22-9-12/h1-6,9H,7-8,10-11H2,(H,23,24,26). The third kappa shape index (κ3) is 3.65. The van der Waals surface area contributed by atoms with Crippen LogP contribution in [0.15, 0.2) is 47.4 Å². The van der Waals surface area contributed by atoms with Crippen LogP contribution in [0.1, 0.15) is 16.8 Å². The lowest BCUT2D eigenvalue weighted by atomic mass is 10.1. The van der Waals surface area contributed by atoms with Crippen LogP contribution in [0.25, 0.3) is 11.4 Å². The molecule has 3 heterocycles. The molecule has 0 unspecified atom stereocenters. The van der Waals surface area contributed by atoms with Crippen molar-refractivity contribution in [3.63, 3.8) is 0 Å². The Morgan fingerprint density at radius 1 is 1.12 bits per heavy atom.